The van der Waals surface area contributed by atoms with Crippen LogP contribution in [0.3, 0.4) is 0 Å². The minimum Gasteiger partial charge on any atom is -0.497 e. The molecule has 0 radical (unpaired) electrons. The third-order valence-corrected chi connectivity index (χ3v) is 3.27. The van der Waals surface area contributed by atoms with E-state index in [2.05, 4.69) is 12.2 Å². The van der Waals surface area contributed by atoms with Gasteiger partial charge in [0, 0.05) is 24.4 Å². The van der Waals surface area contributed by atoms with E-state index in [4.69, 9.17) is 15.2 Å². The van der Waals surface area contributed by atoms with Gasteiger partial charge in [-0.25, -0.2) is 0 Å². The number of anilines is 1. The van der Waals surface area contributed by atoms with Gasteiger partial charge >= 0.3 is 0 Å². The van der Waals surface area contributed by atoms with Crippen molar-refractivity contribution in [3.8, 4) is 5.75 Å². The molecule has 4 heteroatoms. The van der Waals surface area contributed by atoms with Crippen LogP contribution in [0.25, 0.3) is 0 Å². The molecule has 4 nitrogen and oxygen atoms in total. The Kier molecular flexibility index (Phi) is 3.54. The van der Waals surface area contributed by atoms with Crippen LogP contribution < -0.4 is 15.8 Å². The Hall–Kier alpha value is -1.26. The Balaban J connectivity index is 2.02. The standard InChI is InChI=1S/C13H20N2O2/c1-13(5-6-17-9-13)15-8-10-7-11(16-2)3-4-12(10)14/h3-4,7,15H,5-6,8-9,14H2,1-2H3. The van der Waals surface area contributed by atoms with Gasteiger partial charge in [0.25, 0.3) is 0 Å². The average Bonchev–Trinajstić information content (AvgIpc) is 2.76. The van der Waals surface area contributed by atoms with Gasteiger partial charge < -0.3 is 20.5 Å². The molecule has 0 saturated carbocycles. The molecule has 1 heterocycles. The summed E-state index contributed by atoms with van der Waals surface area (Å²) in [5.41, 5.74) is 7.87. The first kappa shape index (κ1) is 12.2. The quantitative estimate of drug-likeness (QED) is 0.779. The fourth-order valence-corrected chi connectivity index (χ4v) is 1.98. The van der Waals surface area contributed by atoms with E-state index in [1.54, 1.807) is 7.11 Å². The Labute approximate surface area is 102 Å². The van der Waals surface area contributed by atoms with Gasteiger partial charge in [0.15, 0.2) is 0 Å². The van der Waals surface area contributed by atoms with Crippen molar-refractivity contribution in [3.05, 3.63) is 23.8 Å². The molecule has 17 heavy (non-hydrogen) atoms. The Bertz CT molecular complexity index is 387. The molecule has 1 fully saturated rings. The number of ether oxygens (including phenoxy) is 2. The molecule has 0 spiro atoms. The molecule has 0 aliphatic carbocycles. The van der Waals surface area contributed by atoms with Crippen LogP contribution in [0.4, 0.5) is 5.69 Å². The molecule has 0 bridgehead atoms. The highest BCUT2D eigenvalue weighted by atomic mass is 16.5. The summed E-state index contributed by atoms with van der Waals surface area (Å²) in [6, 6.07) is 5.73. The van der Waals surface area contributed by atoms with Gasteiger partial charge in [0.2, 0.25) is 0 Å². The molecular weight excluding hydrogens is 216 g/mol. The SMILES string of the molecule is COc1ccc(N)c(CNC2(C)CCOC2)c1. The molecule has 1 aliphatic heterocycles. The molecule has 1 unspecified atom stereocenters. The van der Waals surface area contributed by atoms with E-state index in [1.807, 2.05) is 18.2 Å². The Morgan fingerprint density at radius 2 is 2.35 bits per heavy atom. The first-order chi connectivity index (χ1) is 8.13. The Morgan fingerprint density at radius 1 is 1.53 bits per heavy atom. The molecule has 1 saturated heterocycles. The van der Waals surface area contributed by atoms with Gasteiger partial charge in [-0.05, 0) is 37.1 Å². The van der Waals surface area contributed by atoms with E-state index in [-0.39, 0.29) is 5.54 Å². The first-order valence-corrected chi connectivity index (χ1v) is 5.88. The number of hydrogen-bond donors (Lipinski definition) is 2. The van der Waals surface area contributed by atoms with Crippen molar-refractivity contribution in [2.24, 2.45) is 0 Å². The highest BCUT2D eigenvalue weighted by Crippen LogP contribution is 2.22. The van der Waals surface area contributed by atoms with Crippen LogP contribution in [0.1, 0.15) is 18.9 Å². The zero-order valence-corrected chi connectivity index (χ0v) is 10.5. The van der Waals surface area contributed by atoms with E-state index >= 15 is 0 Å². The summed E-state index contributed by atoms with van der Waals surface area (Å²) < 4.78 is 10.6. The number of nitrogens with two attached hydrogens (primary N) is 1. The lowest BCUT2D eigenvalue weighted by atomic mass is 10.0. The van der Waals surface area contributed by atoms with Crippen molar-refractivity contribution < 1.29 is 9.47 Å². The number of rotatable bonds is 4. The molecule has 1 aromatic carbocycles. The smallest absolute Gasteiger partial charge is 0.119 e. The maximum absolute atomic E-state index is 5.95. The first-order valence-electron chi connectivity index (χ1n) is 5.88. The van der Waals surface area contributed by atoms with Gasteiger partial charge in [-0.2, -0.15) is 0 Å². The van der Waals surface area contributed by atoms with Crippen molar-refractivity contribution >= 4 is 5.69 Å². The van der Waals surface area contributed by atoms with Gasteiger partial charge in [-0.3, -0.25) is 0 Å². The average molecular weight is 236 g/mol. The highest BCUT2D eigenvalue weighted by molar-refractivity contribution is 5.50. The van der Waals surface area contributed by atoms with Crippen LogP contribution in [-0.4, -0.2) is 25.9 Å². The zero-order chi connectivity index (χ0) is 12.3. The van der Waals surface area contributed by atoms with E-state index in [1.165, 1.54) is 0 Å². The molecule has 2 rings (SSSR count). The second-order valence-electron chi connectivity index (χ2n) is 4.78. The van der Waals surface area contributed by atoms with E-state index < -0.39 is 0 Å². The normalized spacial score (nSPS) is 23.9. The predicted octanol–water partition coefficient (Wildman–Crippen LogP) is 1.55. The predicted molar refractivity (Wildman–Crippen MR) is 68.1 cm³/mol. The minimum absolute atomic E-state index is 0.0650. The highest BCUT2D eigenvalue weighted by Gasteiger charge is 2.28. The fraction of sp³-hybridized carbons (Fsp3) is 0.538. The number of benzene rings is 1. The summed E-state index contributed by atoms with van der Waals surface area (Å²) in [4.78, 5) is 0. The van der Waals surface area contributed by atoms with E-state index in [0.29, 0.717) is 0 Å². The van der Waals surface area contributed by atoms with Crippen molar-refractivity contribution in [1.82, 2.24) is 5.32 Å². The van der Waals surface area contributed by atoms with Crippen LogP contribution in [-0.2, 0) is 11.3 Å². The van der Waals surface area contributed by atoms with Crippen LogP contribution in [0, 0.1) is 0 Å². The molecule has 0 amide bonds. The molecule has 1 atom stereocenters. The van der Waals surface area contributed by atoms with Gasteiger partial charge in [-0.15, -0.1) is 0 Å². The van der Waals surface area contributed by atoms with Crippen molar-refractivity contribution in [1.29, 1.82) is 0 Å². The minimum atomic E-state index is 0.0650. The summed E-state index contributed by atoms with van der Waals surface area (Å²) in [6.07, 6.45) is 1.04. The summed E-state index contributed by atoms with van der Waals surface area (Å²) >= 11 is 0. The van der Waals surface area contributed by atoms with Gasteiger partial charge in [-0.1, -0.05) is 0 Å². The summed E-state index contributed by atoms with van der Waals surface area (Å²) in [5.74, 6) is 0.837. The maximum atomic E-state index is 5.95. The summed E-state index contributed by atoms with van der Waals surface area (Å²) in [6.45, 7) is 4.51. The Morgan fingerprint density at radius 3 is 3.00 bits per heavy atom. The number of nitrogen functional groups attached to an aromatic ring is 1. The number of nitrogens with one attached hydrogen (secondary N) is 1. The summed E-state index contributed by atoms with van der Waals surface area (Å²) in [7, 11) is 1.66. The second-order valence-corrected chi connectivity index (χ2v) is 4.78. The molecule has 94 valence electrons. The molecule has 0 aromatic heterocycles. The monoisotopic (exact) mass is 236 g/mol. The lowest BCUT2D eigenvalue weighted by Gasteiger charge is -2.24. The van der Waals surface area contributed by atoms with Crippen LogP contribution in [0.15, 0.2) is 18.2 Å². The molecule has 3 N–H and O–H groups in total. The number of methoxy groups -OCH3 is 1. The van der Waals surface area contributed by atoms with Crippen LogP contribution >= 0.6 is 0 Å². The second kappa shape index (κ2) is 4.94. The van der Waals surface area contributed by atoms with E-state index in [0.717, 1.165) is 43.2 Å². The third-order valence-electron chi connectivity index (χ3n) is 3.27. The lowest BCUT2D eigenvalue weighted by Crippen LogP contribution is -2.42. The number of hydrogen-bond acceptors (Lipinski definition) is 4. The zero-order valence-electron chi connectivity index (χ0n) is 10.5. The molecular formula is C13H20N2O2. The summed E-state index contributed by atoms with van der Waals surface area (Å²) in [5, 5.41) is 3.51. The fourth-order valence-electron chi connectivity index (χ4n) is 1.98. The van der Waals surface area contributed by atoms with Crippen molar-refractivity contribution in [2.75, 3.05) is 26.1 Å². The third kappa shape index (κ3) is 2.90. The van der Waals surface area contributed by atoms with Crippen LogP contribution in [0.2, 0.25) is 0 Å². The lowest BCUT2D eigenvalue weighted by molar-refractivity contribution is 0.171. The van der Waals surface area contributed by atoms with Crippen molar-refractivity contribution in [3.63, 3.8) is 0 Å². The topological polar surface area (TPSA) is 56.5 Å². The van der Waals surface area contributed by atoms with Crippen molar-refractivity contribution in [2.45, 2.75) is 25.4 Å². The van der Waals surface area contributed by atoms with Gasteiger partial charge in [0.1, 0.15) is 5.75 Å². The molecule has 1 aliphatic rings. The largest absolute Gasteiger partial charge is 0.497 e. The maximum Gasteiger partial charge on any atom is 0.119 e. The molecule has 1 aromatic rings. The van der Waals surface area contributed by atoms with Gasteiger partial charge in [0.05, 0.1) is 13.7 Å². The van der Waals surface area contributed by atoms with Crippen LogP contribution in [0.5, 0.6) is 5.75 Å². The van der Waals surface area contributed by atoms with E-state index in [9.17, 15) is 0 Å².